The van der Waals surface area contributed by atoms with Gasteiger partial charge in [0.2, 0.25) is 5.95 Å². The molecule has 0 atom stereocenters. The molecule has 0 amide bonds. The van der Waals surface area contributed by atoms with Crippen molar-refractivity contribution in [2.45, 2.75) is 32.5 Å². The number of halogens is 3. The van der Waals surface area contributed by atoms with Crippen LogP contribution in [0.5, 0.6) is 5.75 Å². The van der Waals surface area contributed by atoms with Gasteiger partial charge in [0.1, 0.15) is 5.75 Å². The molecule has 0 aliphatic rings. The van der Waals surface area contributed by atoms with Crippen molar-refractivity contribution in [1.29, 1.82) is 0 Å². The monoisotopic (exact) mass is 470 g/mol. The second-order valence-electron chi connectivity index (χ2n) is 8.04. The van der Waals surface area contributed by atoms with E-state index in [1.54, 1.807) is 13.4 Å². The standard InChI is InChI=1S/C24H25F3N6O/c1-15(2)33-14-29-20-21(28-13-12-16-4-10-19(34-3)11-5-16)31-23(32-22(20)33)30-18-8-6-17(7-9-18)24(25,26)27/h4-11,14-15H,12-13H2,1-3H3,(H2,28,30,31,32). The maximum Gasteiger partial charge on any atom is 0.416 e. The van der Waals surface area contributed by atoms with Gasteiger partial charge in [-0.1, -0.05) is 12.1 Å². The van der Waals surface area contributed by atoms with Crippen molar-refractivity contribution in [3.8, 4) is 5.75 Å². The molecule has 7 nitrogen and oxygen atoms in total. The lowest BCUT2D eigenvalue weighted by molar-refractivity contribution is -0.137. The number of nitrogens with zero attached hydrogens (tertiary/aromatic N) is 4. The number of nitrogens with one attached hydrogen (secondary N) is 2. The number of imidazole rings is 1. The predicted octanol–water partition coefficient (Wildman–Crippen LogP) is 5.83. The second kappa shape index (κ2) is 9.58. The average Bonchev–Trinajstić information content (AvgIpc) is 3.24. The highest BCUT2D eigenvalue weighted by atomic mass is 19.4. The van der Waals surface area contributed by atoms with E-state index in [1.165, 1.54) is 12.1 Å². The Morgan fingerprint density at radius 1 is 1.00 bits per heavy atom. The summed E-state index contributed by atoms with van der Waals surface area (Å²) in [6.07, 6.45) is -1.93. The number of fused-ring (bicyclic) bond motifs is 1. The van der Waals surface area contributed by atoms with Gasteiger partial charge in [0.25, 0.3) is 0 Å². The third-order valence-corrected chi connectivity index (χ3v) is 5.31. The van der Waals surface area contributed by atoms with Gasteiger partial charge < -0.3 is 19.9 Å². The summed E-state index contributed by atoms with van der Waals surface area (Å²) in [4.78, 5) is 13.6. The lowest BCUT2D eigenvalue weighted by Gasteiger charge is -2.13. The first kappa shape index (κ1) is 23.3. The average molecular weight is 470 g/mol. The first-order valence-corrected chi connectivity index (χ1v) is 10.8. The summed E-state index contributed by atoms with van der Waals surface area (Å²) in [6.45, 7) is 4.64. The van der Waals surface area contributed by atoms with Crippen LogP contribution >= 0.6 is 0 Å². The molecular formula is C24H25F3N6O. The smallest absolute Gasteiger partial charge is 0.416 e. The minimum absolute atomic E-state index is 0.117. The molecule has 4 aromatic rings. The van der Waals surface area contributed by atoms with Gasteiger partial charge >= 0.3 is 6.18 Å². The predicted molar refractivity (Wildman–Crippen MR) is 126 cm³/mol. The van der Waals surface area contributed by atoms with Crippen molar-refractivity contribution in [3.05, 3.63) is 66.0 Å². The molecule has 0 radical (unpaired) electrons. The molecule has 10 heteroatoms. The molecule has 0 saturated carbocycles. The van der Waals surface area contributed by atoms with Crippen LogP contribution in [-0.2, 0) is 12.6 Å². The fraction of sp³-hybridized carbons (Fsp3) is 0.292. The summed E-state index contributed by atoms with van der Waals surface area (Å²) in [5, 5.41) is 6.33. The van der Waals surface area contributed by atoms with Gasteiger partial charge in [-0.2, -0.15) is 23.1 Å². The molecule has 0 aliphatic heterocycles. The molecule has 2 aromatic carbocycles. The maximum atomic E-state index is 12.9. The molecule has 0 saturated heterocycles. The van der Waals surface area contributed by atoms with Crippen molar-refractivity contribution >= 4 is 28.6 Å². The summed E-state index contributed by atoms with van der Waals surface area (Å²) in [5.41, 5.74) is 2.13. The van der Waals surface area contributed by atoms with Gasteiger partial charge in [-0.3, -0.25) is 0 Å². The van der Waals surface area contributed by atoms with Crippen LogP contribution in [0.1, 0.15) is 31.0 Å². The highest BCUT2D eigenvalue weighted by Gasteiger charge is 2.30. The number of benzene rings is 2. The molecule has 2 N–H and O–H groups in total. The zero-order valence-corrected chi connectivity index (χ0v) is 19.0. The Hall–Kier alpha value is -3.82. The molecule has 0 bridgehead atoms. The molecule has 0 spiro atoms. The Morgan fingerprint density at radius 2 is 1.71 bits per heavy atom. The topological polar surface area (TPSA) is 76.9 Å². The van der Waals surface area contributed by atoms with Crippen LogP contribution in [0.15, 0.2) is 54.9 Å². The van der Waals surface area contributed by atoms with Crippen LogP contribution in [0, 0.1) is 0 Å². The highest BCUT2D eigenvalue weighted by Crippen LogP contribution is 2.31. The molecule has 2 heterocycles. The summed E-state index contributed by atoms with van der Waals surface area (Å²) in [5.74, 6) is 1.61. The zero-order chi connectivity index (χ0) is 24.3. The number of anilines is 3. The fourth-order valence-corrected chi connectivity index (χ4v) is 3.46. The lowest BCUT2D eigenvalue weighted by Crippen LogP contribution is -2.10. The van der Waals surface area contributed by atoms with Crippen LogP contribution in [0.3, 0.4) is 0 Å². The number of hydrogen-bond donors (Lipinski definition) is 2. The van der Waals surface area contributed by atoms with Gasteiger partial charge in [0.15, 0.2) is 17.0 Å². The van der Waals surface area contributed by atoms with E-state index in [0.717, 1.165) is 29.9 Å². The fourth-order valence-electron chi connectivity index (χ4n) is 3.46. The van der Waals surface area contributed by atoms with Crippen LogP contribution in [-0.4, -0.2) is 33.2 Å². The Labute approximate surface area is 195 Å². The van der Waals surface area contributed by atoms with E-state index in [9.17, 15) is 13.2 Å². The SMILES string of the molecule is COc1ccc(CCNc2nc(Nc3ccc(C(F)(F)F)cc3)nc3c2ncn3C(C)C)cc1. The van der Waals surface area contributed by atoms with Gasteiger partial charge in [-0.05, 0) is 62.2 Å². The minimum Gasteiger partial charge on any atom is -0.497 e. The molecular weight excluding hydrogens is 445 g/mol. The largest absolute Gasteiger partial charge is 0.497 e. The molecule has 0 aliphatic carbocycles. The first-order chi connectivity index (χ1) is 16.2. The van der Waals surface area contributed by atoms with E-state index >= 15 is 0 Å². The molecule has 4 rings (SSSR count). The number of methoxy groups -OCH3 is 1. The van der Waals surface area contributed by atoms with E-state index in [-0.39, 0.29) is 12.0 Å². The van der Waals surface area contributed by atoms with E-state index in [2.05, 4.69) is 25.6 Å². The molecule has 34 heavy (non-hydrogen) atoms. The summed E-state index contributed by atoms with van der Waals surface area (Å²) in [7, 11) is 1.63. The van der Waals surface area contributed by atoms with Gasteiger partial charge in [0.05, 0.1) is 19.0 Å². The third-order valence-electron chi connectivity index (χ3n) is 5.31. The van der Waals surface area contributed by atoms with Gasteiger partial charge in [0, 0.05) is 18.3 Å². The second-order valence-corrected chi connectivity index (χ2v) is 8.04. The number of alkyl halides is 3. The molecule has 0 unspecified atom stereocenters. The van der Waals surface area contributed by atoms with E-state index in [0.29, 0.717) is 29.2 Å². The number of ether oxygens (including phenoxy) is 1. The maximum absolute atomic E-state index is 12.9. The third kappa shape index (κ3) is 5.22. The molecule has 178 valence electrons. The van der Waals surface area contributed by atoms with Gasteiger partial charge in [-0.15, -0.1) is 0 Å². The Bertz CT molecular complexity index is 1250. The Balaban J connectivity index is 1.57. The van der Waals surface area contributed by atoms with Crippen LogP contribution in [0.4, 0.5) is 30.6 Å². The van der Waals surface area contributed by atoms with E-state index in [4.69, 9.17) is 4.74 Å². The van der Waals surface area contributed by atoms with E-state index in [1.807, 2.05) is 42.7 Å². The zero-order valence-electron chi connectivity index (χ0n) is 19.0. The van der Waals surface area contributed by atoms with Crippen molar-refractivity contribution in [3.63, 3.8) is 0 Å². The molecule has 0 fully saturated rings. The Kier molecular flexibility index (Phi) is 6.58. The van der Waals surface area contributed by atoms with Crippen molar-refractivity contribution in [2.75, 3.05) is 24.3 Å². The summed E-state index contributed by atoms with van der Waals surface area (Å²) < 4.78 is 45.7. The van der Waals surface area contributed by atoms with Crippen molar-refractivity contribution < 1.29 is 17.9 Å². The highest BCUT2D eigenvalue weighted by molar-refractivity contribution is 5.84. The number of aromatic nitrogens is 4. The van der Waals surface area contributed by atoms with Crippen LogP contribution in [0.25, 0.3) is 11.2 Å². The first-order valence-electron chi connectivity index (χ1n) is 10.8. The summed E-state index contributed by atoms with van der Waals surface area (Å²) >= 11 is 0. The summed E-state index contributed by atoms with van der Waals surface area (Å²) in [6, 6.07) is 12.7. The Morgan fingerprint density at radius 3 is 2.32 bits per heavy atom. The van der Waals surface area contributed by atoms with Crippen LogP contribution in [0.2, 0.25) is 0 Å². The number of rotatable bonds is 8. The van der Waals surface area contributed by atoms with Crippen LogP contribution < -0.4 is 15.4 Å². The molecule has 2 aromatic heterocycles. The number of hydrogen-bond acceptors (Lipinski definition) is 6. The quantitative estimate of drug-likeness (QED) is 0.337. The van der Waals surface area contributed by atoms with Gasteiger partial charge in [-0.25, -0.2) is 4.98 Å². The normalized spacial score (nSPS) is 11.7. The minimum atomic E-state index is -4.39. The van der Waals surface area contributed by atoms with Crippen molar-refractivity contribution in [1.82, 2.24) is 19.5 Å². The lowest BCUT2D eigenvalue weighted by atomic mass is 10.1. The van der Waals surface area contributed by atoms with Crippen molar-refractivity contribution in [2.24, 2.45) is 0 Å². The van der Waals surface area contributed by atoms with E-state index < -0.39 is 11.7 Å².